The summed E-state index contributed by atoms with van der Waals surface area (Å²) in [5.74, 6) is -0.0581. The van der Waals surface area contributed by atoms with E-state index in [0.717, 1.165) is 61.5 Å². The first-order chi connectivity index (χ1) is 14.5. The molecule has 0 radical (unpaired) electrons. The summed E-state index contributed by atoms with van der Waals surface area (Å²) in [5.41, 5.74) is 7.57. The summed E-state index contributed by atoms with van der Waals surface area (Å²) in [5, 5.41) is 6.19. The van der Waals surface area contributed by atoms with Gasteiger partial charge in [0.25, 0.3) is 5.91 Å². The molecule has 1 saturated carbocycles. The van der Waals surface area contributed by atoms with Crippen LogP contribution < -0.4 is 16.4 Å². The lowest BCUT2D eigenvalue weighted by Crippen LogP contribution is -2.39. The molecule has 0 saturated heterocycles. The number of alkyl halides is 3. The van der Waals surface area contributed by atoms with Crippen LogP contribution in [-0.2, 0) is 6.18 Å². The maximum Gasteiger partial charge on any atom is 0.417 e. The molecule has 1 amide bonds. The molecule has 170 valence electrons. The van der Waals surface area contributed by atoms with Gasteiger partial charge in [-0.1, -0.05) is 6.58 Å². The first-order valence-electron chi connectivity index (χ1n) is 10.3. The molecule has 5 nitrogen and oxygen atoms in total. The maximum atomic E-state index is 12.9. The summed E-state index contributed by atoms with van der Waals surface area (Å²) in [7, 11) is 0. The second-order valence-electron chi connectivity index (χ2n) is 8.23. The van der Waals surface area contributed by atoms with Crippen molar-refractivity contribution in [1.29, 1.82) is 0 Å². The number of nitrogens with one attached hydrogen (secondary N) is 2. The van der Waals surface area contributed by atoms with Crippen molar-refractivity contribution in [3.63, 3.8) is 0 Å². The van der Waals surface area contributed by atoms with Gasteiger partial charge in [0.1, 0.15) is 0 Å². The molecular weight excluding hydrogens is 405 g/mol. The minimum absolute atomic E-state index is 0.0289. The molecule has 4 N–H and O–H groups in total. The fourth-order valence-corrected chi connectivity index (χ4v) is 3.69. The number of pyridine rings is 1. The van der Waals surface area contributed by atoms with Crippen LogP contribution in [0.1, 0.15) is 61.1 Å². The summed E-state index contributed by atoms with van der Waals surface area (Å²) in [4.78, 5) is 16.3. The molecular formula is C23H31F3N4O. The number of carbonyl (C=O) groups excluding carboxylic acids is 1. The molecule has 1 aliphatic carbocycles. The first-order valence-corrected chi connectivity index (χ1v) is 10.3. The molecule has 2 rings (SSSR count). The highest BCUT2D eigenvalue weighted by Gasteiger charge is 2.32. The Labute approximate surface area is 181 Å². The average Bonchev–Trinajstić information content (AvgIpc) is 2.66. The number of rotatable bonds is 7. The Kier molecular flexibility index (Phi) is 8.30. The summed E-state index contributed by atoms with van der Waals surface area (Å²) in [6.07, 6.45) is 3.42. The second-order valence-corrected chi connectivity index (χ2v) is 8.23. The summed E-state index contributed by atoms with van der Waals surface area (Å²) in [6, 6.07) is 0.816. The quantitative estimate of drug-likeness (QED) is 0.546. The van der Waals surface area contributed by atoms with E-state index in [0.29, 0.717) is 5.92 Å². The van der Waals surface area contributed by atoms with Crippen LogP contribution in [0.5, 0.6) is 0 Å². The van der Waals surface area contributed by atoms with Crippen molar-refractivity contribution in [1.82, 2.24) is 15.6 Å². The summed E-state index contributed by atoms with van der Waals surface area (Å²) in [6.45, 7) is 10.1. The molecule has 1 aromatic heterocycles. The lowest BCUT2D eigenvalue weighted by molar-refractivity contribution is -0.137. The van der Waals surface area contributed by atoms with Crippen LogP contribution in [0.4, 0.5) is 13.2 Å². The number of allylic oxidation sites excluding steroid dienone is 4. The second kappa shape index (κ2) is 10.5. The van der Waals surface area contributed by atoms with Crippen molar-refractivity contribution in [3.05, 3.63) is 64.8 Å². The number of hydrogen-bond acceptors (Lipinski definition) is 4. The van der Waals surface area contributed by atoms with Crippen LogP contribution in [0.25, 0.3) is 0 Å². The Morgan fingerprint density at radius 2 is 1.90 bits per heavy atom. The maximum absolute atomic E-state index is 12.9. The lowest BCUT2D eigenvalue weighted by Gasteiger charge is -2.29. The SMILES string of the molecule is C=C(/C=C(C)\C=C(\C)N)NCC1CCC(NC(=O)c2cc(C(F)(F)F)cnc2C)CC1. The minimum atomic E-state index is -4.53. The van der Waals surface area contributed by atoms with Crippen molar-refractivity contribution in [2.45, 2.75) is 58.7 Å². The minimum Gasteiger partial charge on any atom is -0.402 e. The van der Waals surface area contributed by atoms with Crippen molar-refractivity contribution in [2.24, 2.45) is 11.7 Å². The Bertz CT molecular complexity index is 862. The van der Waals surface area contributed by atoms with Gasteiger partial charge in [-0.25, -0.2) is 0 Å². The standard InChI is InChI=1S/C23H31F3N4O/c1-14(9-15(2)27)10-16(3)28-12-18-5-7-20(8-6-18)30-22(31)21-11-19(23(24,25)26)13-29-17(21)4/h9-11,13,18,20,28H,3,5-8,12,27H2,1-2,4H3,(H,30,31)/b14-10-,15-9-. The van der Waals surface area contributed by atoms with E-state index in [2.05, 4.69) is 22.2 Å². The smallest absolute Gasteiger partial charge is 0.402 e. The topological polar surface area (TPSA) is 80.0 Å². The molecule has 0 spiro atoms. The van der Waals surface area contributed by atoms with Crippen molar-refractivity contribution in [2.75, 3.05) is 6.54 Å². The van der Waals surface area contributed by atoms with E-state index in [1.807, 2.05) is 26.0 Å². The number of hydrogen-bond donors (Lipinski definition) is 3. The average molecular weight is 437 g/mol. The highest BCUT2D eigenvalue weighted by atomic mass is 19.4. The molecule has 1 aliphatic rings. The van der Waals surface area contributed by atoms with Gasteiger partial charge in [0.05, 0.1) is 11.1 Å². The third kappa shape index (κ3) is 7.77. The number of nitrogens with zero attached hydrogens (tertiary/aromatic N) is 1. The zero-order valence-electron chi connectivity index (χ0n) is 18.3. The number of aryl methyl sites for hydroxylation is 1. The molecule has 0 unspecified atom stereocenters. The van der Waals surface area contributed by atoms with Crippen LogP contribution in [-0.4, -0.2) is 23.5 Å². The molecule has 0 atom stereocenters. The van der Waals surface area contributed by atoms with E-state index < -0.39 is 17.6 Å². The summed E-state index contributed by atoms with van der Waals surface area (Å²) >= 11 is 0. The highest BCUT2D eigenvalue weighted by Crippen LogP contribution is 2.30. The molecule has 0 bridgehead atoms. The Balaban J connectivity index is 1.84. The van der Waals surface area contributed by atoms with Crippen LogP contribution in [0.2, 0.25) is 0 Å². The van der Waals surface area contributed by atoms with Crippen LogP contribution >= 0.6 is 0 Å². The molecule has 1 heterocycles. The zero-order chi connectivity index (χ0) is 23.2. The van der Waals surface area contributed by atoms with Gasteiger partial charge in [-0.3, -0.25) is 9.78 Å². The van der Waals surface area contributed by atoms with Gasteiger partial charge in [-0.2, -0.15) is 13.2 Å². The molecule has 8 heteroatoms. The van der Waals surface area contributed by atoms with E-state index in [1.54, 1.807) is 0 Å². The lowest BCUT2D eigenvalue weighted by atomic mass is 9.85. The largest absolute Gasteiger partial charge is 0.417 e. The number of nitrogens with two attached hydrogens (primary N) is 1. The Morgan fingerprint density at radius 1 is 1.26 bits per heavy atom. The first kappa shape index (κ1) is 24.5. The fraction of sp³-hybridized carbons (Fsp3) is 0.478. The number of aromatic nitrogens is 1. The van der Waals surface area contributed by atoms with E-state index >= 15 is 0 Å². The van der Waals surface area contributed by atoms with E-state index in [-0.39, 0.29) is 17.3 Å². The third-order valence-electron chi connectivity index (χ3n) is 5.32. The van der Waals surface area contributed by atoms with Crippen molar-refractivity contribution < 1.29 is 18.0 Å². The normalized spacial score (nSPS) is 20.3. The Morgan fingerprint density at radius 3 is 2.48 bits per heavy atom. The van der Waals surface area contributed by atoms with Gasteiger partial charge in [-0.15, -0.1) is 0 Å². The molecule has 1 aromatic rings. The van der Waals surface area contributed by atoms with Crippen molar-refractivity contribution >= 4 is 5.91 Å². The fourth-order valence-electron chi connectivity index (χ4n) is 3.69. The van der Waals surface area contributed by atoms with Crippen LogP contribution in [0, 0.1) is 12.8 Å². The predicted molar refractivity (Wildman–Crippen MR) is 116 cm³/mol. The monoisotopic (exact) mass is 436 g/mol. The third-order valence-corrected chi connectivity index (χ3v) is 5.32. The number of amides is 1. The van der Waals surface area contributed by atoms with Gasteiger partial charge in [0, 0.05) is 35.9 Å². The highest BCUT2D eigenvalue weighted by molar-refractivity contribution is 5.95. The molecule has 0 aromatic carbocycles. The molecule has 0 aliphatic heterocycles. The molecule has 1 fully saturated rings. The molecule has 31 heavy (non-hydrogen) atoms. The van der Waals surface area contributed by atoms with E-state index in [9.17, 15) is 18.0 Å². The summed E-state index contributed by atoms with van der Waals surface area (Å²) < 4.78 is 38.8. The van der Waals surface area contributed by atoms with Crippen molar-refractivity contribution in [3.8, 4) is 0 Å². The Hall–Kier alpha value is -2.77. The van der Waals surface area contributed by atoms with Gasteiger partial charge >= 0.3 is 6.18 Å². The van der Waals surface area contributed by atoms with Gasteiger partial charge in [-0.05, 0) is 76.2 Å². The number of halogens is 3. The van der Waals surface area contributed by atoms with Crippen LogP contribution in [0.3, 0.4) is 0 Å². The number of carbonyl (C=O) groups is 1. The van der Waals surface area contributed by atoms with E-state index in [1.165, 1.54) is 6.92 Å². The predicted octanol–water partition coefficient (Wildman–Crippen LogP) is 4.61. The zero-order valence-corrected chi connectivity index (χ0v) is 18.3. The van der Waals surface area contributed by atoms with Gasteiger partial charge in [0.15, 0.2) is 0 Å². The van der Waals surface area contributed by atoms with Crippen LogP contribution in [0.15, 0.2) is 48.0 Å². The van der Waals surface area contributed by atoms with E-state index in [4.69, 9.17) is 5.73 Å². The van der Waals surface area contributed by atoms with Gasteiger partial charge in [0.2, 0.25) is 0 Å². The van der Waals surface area contributed by atoms with Gasteiger partial charge < -0.3 is 16.4 Å².